The second-order valence-corrected chi connectivity index (χ2v) is 5.97. The van der Waals surface area contributed by atoms with Gasteiger partial charge in [-0.3, -0.25) is 19.7 Å². The summed E-state index contributed by atoms with van der Waals surface area (Å²) in [6.07, 6.45) is 0. The van der Waals surface area contributed by atoms with Crippen molar-refractivity contribution in [3.8, 4) is 11.5 Å². The van der Waals surface area contributed by atoms with E-state index in [-0.39, 0.29) is 5.78 Å². The fourth-order valence-electron chi connectivity index (χ4n) is 2.91. The lowest BCUT2D eigenvalue weighted by molar-refractivity contribution is 0.0705. The number of fused-ring (bicyclic) bond motifs is 1. The highest BCUT2D eigenvalue weighted by Gasteiger charge is 2.24. The monoisotopic (exact) mass is 356 g/mol. The Labute approximate surface area is 151 Å². The average molecular weight is 356 g/mol. The van der Waals surface area contributed by atoms with Gasteiger partial charge >= 0.3 is 0 Å². The number of ketones is 1. The lowest BCUT2D eigenvalue weighted by Gasteiger charge is -2.27. The van der Waals surface area contributed by atoms with Gasteiger partial charge in [0.2, 0.25) is 0 Å². The zero-order valence-electron chi connectivity index (χ0n) is 14.4. The van der Waals surface area contributed by atoms with Crippen LogP contribution in [0.4, 0.5) is 0 Å². The maximum atomic E-state index is 12.3. The molecule has 0 aliphatic carbocycles. The third-order valence-electron chi connectivity index (χ3n) is 4.27. The van der Waals surface area contributed by atoms with Crippen LogP contribution in [0.5, 0.6) is 11.5 Å². The second-order valence-electron chi connectivity index (χ2n) is 5.97. The Morgan fingerprint density at radius 1 is 1.15 bits per heavy atom. The number of ether oxygens (including phenoxy) is 2. The third kappa shape index (κ3) is 4.01. The van der Waals surface area contributed by atoms with E-state index in [1.54, 1.807) is 24.7 Å². The van der Waals surface area contributed by atoms with Gasteiger partial charge in [-0.25, -0.2) is 5.48 Å². The van der Waals surface area contributed by atoms with E-state index in [1.807, 2.05) is 29.2 Å². The molecule has 0 spiro atoms. The molecule has 0 unspecified atom stereocenters. The molecule has 26 heavy (non-hydrogen) atoms. The molecule has 0 saturated heterocycles. The van der Waals surface area contributed by atoms with Crippen LogP contribution in [0, 0.1) is 0 Å². The van der Waals surface area contributed by atoms with Crippen molar-refractivity contribution < 1.29 is 24.3 Å². The fraction of sp³-hybridized carbons (Fsp3) is 0.263. The quantitative estimate of drug-likeness (QED) is 0.607. The van der Waals surface area contributed by atoms with E-state index in [1.165, 1.54) is 6.07 Å². The number of carbonyl (C=O) groups is 2. The molecule has 0 bridgehead atoms. The zero-order chi connectivity index (χ0) is 18.5. The van der Waals surface area contributed by atoms with Crippen molar-refractivity contribution >= 4 is 11.7 Å². The molecule has 0 radical (unpaired) electrons. The summed E-state index contributed by atoms with van der Waals surface area (Å²) in [7, 11) is 1.61. The number of amides is 1. The highest BCUT2D eigenvalue weighted by Crippen LogP contribution is 2.21. The van der Waals surface area contributed by atoms with Crippen molar-refractivity contribution in [2.75, 3.05) is 26.8 Å². The minimum Gasteiger partial charge on any atom is -0.497 e. The summed E-state index contributed by atoms with van der Waals surface area (Å²) in [5, 5.41) is 8.75. The van der Waals surface area contributed by atoms with Gasteiger partial charge in [-0.2, -0.15) is 0 Å². The molecule has 2 N–H and O–H groups in total. The minimum absolute atomic E-state index is 0.00616. The lowest BCUT2D eigenvalue weighted by atomic mass is 9.96. The van der Waals surface area contributed by atoms with Gasteiger partial charge in [-0.05, 0) is 42.0 Å². The molecule has 0 saturated carbocycles. The summed E-state index contributed by atoms with van der Waals surface area (Å²) in [5.74, 6) is 0.904. The SMILES string of the molecule is COc1ccc(OCCN2CC(=O)c3ccc(C(=O)NO)cc3C2)cc1. The molecule has 0 fully saturated rings. The van der Waals surface area contributed by atoms with Crippen LogP contribution in [0.2, 0.25) is 0 Å². The Morgan fingerprint density at radius 2 is 1.88 bits per heavy atom. The molecule has 136 valence electrons. The molecule has 1 amide bonds. The summed E-state index contributed by atoms with van der Waals surface area (Å²) in [6.45, 7) is 1.86. The smallest absolute Gasteiger partial charge is 0.274 e. The number of carbonyl (C=O) groups excluding carboxylic acids is 2. The molecule has 1 heterocycles. The van der Waals surface area contributed by atoms with Gasteiger partial charge in [0.15, 0.2) is 5.78 Å². The third-order valence-corrected chi connectivity index (χ3v) is 4.27. The minimum atomic E-state index is -0.597. The standard InChI is InChI=1S/C19H20N2O5/c1-25-15-3-5-16(6-4-15)26-9-8-21-11-14-10-13(19(23)20-24)2-7-17(14)18(22)12-21/h2-7,10,24H,8-9,11-12H2,1H3,(H,20,23). The first-order valence-electron chi connectivity index (χ1n) is 8.20. The van der Waals surface area contributed by atoms with Gasteiger partial charge < -0.3 is 9.47 Å². The van der Waals surface area contributed by atoms with Gasteiger partial charge in [0.1, 0.15) is 18.1 Å². The normalized spacial score (nSPS) is 13.8. The van der Waals surface area contributed by atoms with Crippen molar-refractivity contribution in [3.63, 3.8) is 0 Å². The Bertz CT molecular complexity index is 804. The molecule has 0 aromatic heterocycles. The summed E-state index contributed by atoms with van der Waals surface area (Å²) >= 11 is 0. The average Bonchev–Trinajstić information content (AvgIpc) is 2.67. The highest BCUT2D eigenvalue weighted by atomic mass is 16.5. The van der Waals surface area contributed by atoms with E-state index in [9.17, 15) is 9.59 Å². The summed E-state index contributed by atoms with van der Waals surface area (Å²) < 4.78 is 10.8. The molecule has 1 aliphatic heterocycles. The van der Waals surface area contributed by atoms with Crippen molar-refractivity contribution in [1.82, 2.24) is 10.4 Å². The van der Waals surface area contributed by atoms with Crippen molar-refractivity contribution in [3.05, 3.63) is 59.2 Å². The van der Waals surface area contributed by atoms with E-state index >= 15 is 0 Å². The number of benzene rings is 2. The fourth-order valence-corrected chi connectivity index (χ4v) is 2.91. The first-order valence-corrected chi connectivity index (χ1v) is 8.20. The first kappa shape index (κ1) is 17.9. The van der Waals surface area contributed by atoms with E-state index in [2.05, 4.69) is 0 Å². The molecule has 3 rings (SSSR count). The number of rotatable bonds is 6. The molecule has 7 heteroatoms. The molecular weight excluding hydrogens is 336 g/mol. The van der Waals surface area contributed by atoms with Gasteiger partial charge in [0.25, 0.3) is 5.91 Å². The topological polar surface area (TPSA) is 88.1 Å². The number of hydrogen-bond acceptors (Lipinski definition) is 6. The molecule has 7 nitrogen and oxygen atoms in total. The second kappa shape index (κ2) is 7.99. The number of Topliss-reactive ketones (excluding diaryl/α,β-unsaturated/α-hetero) is 1. The predicted molar refractivity (Wildman–Crippen MR) is 93.8 cm³/mol. The lowest BCUT2D eigenvalue weighted by Crippen LogP contribution is -2.37. The van der Waals surface area contributed by atoms with E-state index in [0.29, 0.717) is 37.4 Å². The van der Waals surface area contributed by atoms with Crippen LogP contribution in [-0.2, 0) is 6.54 Å². The number of hydrogen-bond donors (Lipinski definition) is 2. The van der Waals surface area contributed by atoms with E-state index in [0.717, 1.165) is 17.1 Å². The summed E-state index contributed by atoms with van der Waals surface area (Å²) in [6, 6.07) is 12.1. The Morgan fingerprint density at radius 3 is 2.58 bits per heavy atom. The van der Waals surface area contributed by atoms with Gasteiger partial charge in [0.05, 0.1) is 13.7 Å². The van der Waals surface area contributed by atoms with Crippen LogP contribution in [0.15, 0.2) is 42.5 Å². The largest absolute Gasteiger partial charge is 0.497 e. The Balaban J connectivity index is 1.60. The van der Waals surface area contributed by atoms with Gasteiger partial charge in [0, 0.05) is 24.2 Å². The summed E-state index contributed by atoms with van der Waals surface area (Å²) in [4.78, 5) is 25.8. The number of nitrogens with one attached hydrogen (secondary N) is 1. The van der Waals surface area contributed by atoms with Crippen molar-refractivity contribution in [2.24, 2.45) is 0 Å². The predicted octanol–water partition coefficient (Wildman–Crippen LogP) is 1.89. The van der Waals surface area contributed by atoms with E-state index < -0.39 is 5.91 Å². The van der Waals surface area contributed by atoms with E-state index in [4.69, 9.17) is 14.7 Å². The Kier molecular flexibility index (Phi) is 5.50. The van der Waals surface area contributed by atoms with Crippen LogP contribution in [0.3, 0.4) is 0 Å². The summed E-state index contributed by atoms with van der Waals surface area (Å²) in [5.41, 5.74) is 3.31. The first-order chi connectivity index (χ1) is 12.6. The van der Waals surface area contributed by atoms with Crippen LogP contribution >= 0.6 is 0 Å². The van der Waals surface area contributed by atoms with Crippen LogP contribution in [0.25, 0.3) is 0 Å². The van der Waals surface area contributed by atoms with Crippen LogP contribution in [-0.4, -0.2) is 48.6 Å². The number of hydroxylamine groups is 1. The molecule has 2 aromatic rings. The highest BCUT2D eigenvalue weighted by molar-refractivity contribution is 6.01. The maximum absolute atomic E-state index is 12.3. The van der Waals surface area contributed by atoms with Crippen LogP contribution in [0.1, 0.15) is 26.3 Å². The number of methoxy groups -OCH3 is 1. The van der Waals surface area contributed by atoms with Gasteiger partial charge in [-0.1, -0.05) is 6.07 Å². The zero-order valence-corrected chi connectivity index (χ0v) is 14.4. The van der Waals surface area contributed by atoms with Gasteiger partial charge in [-0.15, -0.1) is 0 Å². The molecular formula is C19H20N2O5. The molecule has 2 aromatic carbocycles. The maximum Gasteiger partial charge on any atom is 0.274 e. The number of nitrogens with zero attached hydrogens (tertiary/aromatic N) is 1. The molecule has 1 aliphatic rings. The molecule has 0 atom stereocenters. The van der Waals surface area contributed by atoms with Crippen molar-refractivity contribution in [1.29, 1.82) is 0 Å². The van der Waals surface area contributed by atoms with Crippen LogP contribution < -0.4 is 15.0 Å². The van der Waals surface area contributed by atoms with Crippen molar-refractivity contribution in [2.45, 2.75) is 6.54 Å². The Hall–Kier alpha value is -2.90.